The lowest BCUT2D eigenvalue weighted by Crippen LogP contribution is -2.24. The molecule has 0 radical (unpaired) electrons. The zero-order valence-corrected chi connectivity index (χ0v) is 14.2. The van der Waals surface area contributed by atoms with Gasteiger partial charge in [-0.3, -0.25) is 14.2 Å². The Morgan fingerprint density at radius 1 is 1.25 bits per heavy atom. The summed E-state index contributed by atoms with van der Waals surface area (Å²) in [5.41, 5.74) is 3.06. The molecule has 1 heterocycles. The molecule has 0 spiro atoms. The van der Waals surface area contributed by atoms with Gasteiger partial charge < -0.3 is 10.3 Å². The molecule has 0 bridgehead atoms. The van der Waals surface area contributed by atoms with Crippen molar-refractivity contribution in [3.05, 3.63) is 74.3 Å². The second-order valence-corrected chi connectivity index (χ2v) is 6.05. The molecule has 2 aromatic carbocycles. The van der Waals surface area contributed by atoms with Crippen molar-refractivity contribution in [2.75, 3.05) is 0 Å². The molecule has 0 atom stereocenters. The molecule has 0 saturated heterocycles. The number of carbonyl (C=O) groups excluding carboxylic acids is 1. The van der Waals surface area contributed by atoms with Gasteiger partial charge in [-0.1, -0.05) is 24.3 Å². The second kappa shape index (κ2) is 6.41. The fourth-order valence-electron chi connectivity index (χ4n) is 2.53. The van der Waals surface area contributed by atoms with E-state index in [0.29, 0.717) is 27.8 Å². The summed E-state index contributed by atoms with van der Waals surface area (Å²) in [5.74, 6) is -0.194. The summed E-state index contributed by atoms with van der Waals surface area (Å²) in [6.07, 6.45) is 0. The van der Waals surface area contributed by atoms with Crippen LogP contribution in [-0.2, 0) is 13.6 Å². The zero-order chi connectivity index (χ0) is 17.3. The number of hydrogen-bond acceptors (Lipinski definition) is 3. The zero-order valence-electron chi connectivity index (χ0n) is 13.4. The van der Waals surface area contributed by atoms with Crippen LogP contribution in [0.3, 0.4) is 0 Å². The van der Waals surface area contributed by atoms with Crippen LogP contribution in [0.2, 0.25) is 0 Å². The normalized spacial score (nSPS) is 10.8. The Morgan fingerprint density at radius 2 is 2.00 bits per heavy atom. The lowest BCUT2D eigenvalue weighted by molar-refractivity contribution is 0.0951. The van der Waals surface area contributed by atoms with Crippen LogP contribution < -0.4 is 10.9 Å². The Labute approximate surface area is 144 Å². The highest BCUT2D eigenvalue weighted by Gasteiger charge is 2.09. The summed E-state index contributed by atoms with van der Waals surface area (Å²) in [5, 5.41) is 3.40. The monoisotopic (exact) mass is 339 g/mol. The third kappa shape index (κ3) is 3.00. The topological polar surface area (TPSA) is 66.9 Å². The van der Waals surface area contributed by atoms with Crippen molar-refractivity contribution in [1.29, 1.82) is 0 Å². The number of amides is 1. The van der Waals surface area contributed by atoms with E-state index in [9.17, 15) is 9.59 Å². The minimum atomic E-state index is -0.194. The van der Waals surface area contributed by atoms with Crippen molar-refractivity contribution in [3.8, 4) is 0 Å². The number of hydrogen-bond donors (Lipinski definition) is 2. The highest BCUT2D eigenvalue weighted by atomic mass is 32.1. The molecule has 0 unspecified atom stereocenters. The van der Waals surface area contributed by atoms with Gasteiger partial charge in [-0.15, -0.1) is 0 Å². The van der Waals surface area contributed by atoms with E-state index in [2.05, 4.69) is 10.3 Å². The van der Waals surface area contributed by atoms with E-state index >= 15 is 0 Å². The van der Waals surface area contributed by atoms with Crippen molar-refractivity contribution < 1.29 is 4.79 Å². The minimum Gasteiger partial charge on any atom is -0.348 e. The minimum absolute atomic E-state index is 0.180. The predicted octanol–water partition coefficient (Wildman–Crippen LogP) is 2.83. The first-order chi connectivity index (χ1) is 11.5. The smallest absolute Gasteiger partial charge is 0.261 e. The van der Waals surface area contributed by atoms with Crippen LogP contribution >= 0.6 is 12.2 Å². The summed E-state index contributed by atoms with van der Waals surface area (Å²) in [6.45, 7) is 2.46. The summed E-state index contributed by atoms with van der Waals surface area (Å²) in [7, 11) is 1.61. The first-order valence-electron chi connectivity index (χ1n) is 7.53. The Kier molecular flexibility index (Phi) is 4.31. The number of nitrogens with zero attached hydrogens (tertiary/aromatic N) is 1. The van der Waals surface area contributed by atoms with E-state index in [1.54, 1.807) is 25.2 Å². The van der Waals surface area contributed by atoms with E-state index in [0.717, 1.165) is 11.1 Å². The van der Waals surface area contributed by atoms with E-state index < -0.39 is 0 Å². The number of H-pyrrole nitrogens is 1. The summed E-state index contributed by atoms with van der Waals surface area (Å²) in [4.78, 5) is 27.5. The molecule has 0 saturated carbocycles. The first-order valence-corrected chi connectivity index (χ1v) is 7.94. The Bertz CT molecular complexity index is 1050. The molecule has 2 N–H and O–H groups in total. The quantitative estimate of drug-likeness (QED) is 0.721. The number of rotatable bonds is 3. The molecule has 1 aromatic heterocycles. The number of benzene rings is 2. The van der Waals surface area contributed by atoms with Crippen molar-refractivity contribution in [2.45, 2.75) is 13.5 Å². The molecule has 122 valence electrons. The molecule has 3 aromatic rings. The van der Waals surface area contributed by atoms with Crippen LogP contribution in [0.5, 0.6) is 0 Å². The molecule has 0 aliphatic carbocycles. The van der Waals surface area contributed by atoms with Gasteiger partial charge in [-0.05, 0) is 48.5 Å². The Balaban J connectivity index is 1.88. The van der Waals surface area contributed by atoms with Crippen LogP contribution in [-0.4, -0.2) is 15.5 Å². The fraction of sp³-hybridized carbons (Fsp3) is 0.167. The van der Waals surface area contributed by atoms with Crippen LogP contribution in [0.1, 0.15) is 21.5 Å². The maximum atomic E-state index is 12.4. The molecular formula is C18H17N3O2S. The molecule has 0 fully saturated rings. The number of aryl methyl sites for hydroxylation is 1. The molecule has 24 heavy (non-hydrogen) atoms. The van der Waals surface area contributed by atoms with E-state index in [-0.39, 0.29) is 11.5 Å². The molecule has 0 aliphatic heterocycles. The average molecular weight is 339 g/mol. The van der Waals surface area contributed by atoms with Crippen LogP contribution in [0.4, 0.5) is 0 Å². The fourth-order valence-corrected chi connectivity index (χ4v) is 2.73. The van der Waals surface area contributed by atoms with Crippen LogP contribution in [0.25, 0.3) is 10.9 Å². The summed E-state index contributed by atoms with van der Waals surface area (Å²) >= 11 is 5.11. The number of carbonyl (C=O) groups is 1. The van der Waals surface area contributed by atoms with Gasteiger partial charge >= 0.3 is 0 Å². The van der Waals surface area contributed by atoms with Crippen molar-refractivity contribution in [3.63, 3.8) is 0 Å². The number of aromatic nitrogens is 2. The Morgan fingerprint density at radius 3 is 2.75 bits per heavy atom. The van der Waals surface area contributed by atoms with Crippen LogP contribution in [0, 0.1) is 11.7 Å². The van der Waals surface area contributed by atoms with Gasteiger partial charge in [-0.25, -0.2) is 0 Å². The predicted molar refractivity (Wildman–Crippen MR) is 96.7 cm³/mol. The highest BCUT2D eigenvalue weighted by molar-refractivity contribution is 7.71. The van der Waals surface area contributed by atoms with Gasteiger partial charge in [0.2, 0.25) is 0 Å². The second-order valence-electron chi connectivity index (χ2n) is 5.66. The number of aromatic amines is 1. The standard InChI is InChI=1S/C18H17N3O2S/c1-11-5-3-4-6-13(11)10-19-16(22)12-7-8-14-15(9-12)20-18(24)21(2)17(14)23/h3-9H,10H2,1-2H3,(H,19,22)(H,20,24). The molecule has 0 aliphatic rings. The van der Waals surface area contributed by atoms with Crippen LogP contribution in [0.15, 0.2) is 47.3 Å². The van der Waals surface area contributed by atoms with Crippen molar-refractivity contribution >= 4 is 29.0 Å². The lowest BCUT2D eigenvalue weighted by Gasteiger charge is -2.09. The molecule has 1 amide bonds. The lowest BCUT2D eigenvalue weighted by atomic mass is 10.1. The first kappa shape index (κ1) is 16.1. The highest BCUT2D eigenvalue weighted by Crippen LogP contribution is 2.11. The summed E-state index contributed by atoms with van der Waals surface area (Å²) < 4.78 is 1.69. The SMILES string of the molecule is Cc1ccccc1CNC(=O)c1ccc2c(=O)n(C)c(=S)[nH]c2c1. The van der Waals surface area contributed by atoms with Gasteiger partial charge in [0.25, 0.3) is 11.5 Å². The van der Waals surface area contributed by atoms with Crippen molar-refractivity contribution in [2.24, 2.45) is 7.05 Å². The summed E-state index contributed by atoms with van der Waals surface area (Å²) in [6, 6.07) is 12.8. The largest absolute Gasteiger partial charge is 0.348 e. The van der Waals surface area contributed by atoms with Crippen molar-refractivity contribution in [1.82, 2.24) is 14.9 Å². The van der Waals surface area contributed by atoms with Gasteiger partial charge in [-0.2, -0.15) is 0 Å². The van der Waals surface area contributed by atoms with Gasteiger partial charge in [0.05, 0.1) is 10.9 Å². The van der Waals surface area contributed by atoms with E-state index in [1.165, 1.54) is 4.57 Å². The third-order valence-electron chi connectivity index (χ3n) is 4.06. The van der Waals surface area contributed by atoms with Gasteiger partial charge in [0.15, 0.2) is 4.77 Å². The maximum absolute atomic E-state index is 12.4. The number of nitrogens with one attached hydrogen (secondary N) is 2. The molecule has 6 heteroatoms. The van der Waals surface area contributed by atoms with Gasteiger partial charge in [0, 0.05) is 19.2 Å². The Hall–Kier alpha value is -2.73. The third-order valence-corrected chi connectivity index (χ3v) is 4.44. The molecule has 5 nitrogen and oxygen atoms in total. The molecular weight excluding hydrogens is 322 g/mol. The average Bonchev–Trinajstić information content (AvgIpc) is 2.58. The van der Waals surface area contributed by atoms with Gasteiger partial charge in [0.1, 0.15) is 0 Å². The van der Waals surface area contributed by atoms with E-state index in [1.807, 2.05) is 31.2 Å². The van der Waals surface area contributed by atoms with E-state index in [4.69, 9.17) is 12.2 Å². The number of fused-ring (bicyclic) bond motifs is 1. The molecule has 3 rings (SSSR count). The maximum Gasteiger partial charge on any atom is 0.261 e.